The van der Waals surface area contributed by atoms with Crippen LogP contribution in [0.5, 0.6) is 5.75 Å². The van der Waals surface area contributed by atoms with Gasteiger partial charge in [0.15, 0.2) is 6.61 Å². The van der Waals surface area contributed by atoms with Crippen LogP contribution < -0.4 is 10.1 Å². The Bertz CT molecular complexity index is 477. The molecule has 2 atom stereocenters. The van der Waals surface area contributed by atoms with Gasteiger partial charge in [-0.15, -0.1) is 0 Å². The zero-order valence-corrected chi connectivity index (χ0v) is 14.3. The zero-order valence-electron chi connectivity index (χ0n) is 14.3. The van der Waals surface area contributed by atoms with Gasteiger partial charge in [0.05, 0.1) is 6.10 Å². The fraction of sp³-hybridized carbons (Fsp3) is 0.611. The van der Waals surface area contributed by atoms with E-state index in [-0.39, 0.29) is 30.0 Å². The van der Waals surface area contributed by atoms with Crippen molar-refractivity contribution in [2.24, 2.45) is 5.92 Å². The fourth-order valence-corrected chi connectivity index (χ4v) is 2.36. The van der Waals surface area contributed by atoms with Crippen LogP contribution in [0.2, 0.25) is 0 Å². The molecular formula is C18H29NO3. The maximum atomic E-state index is 11.9. The van der Waals surface area contributed by atoms with Gasteiger partial charge in [-0.05, 0) is 36.3 Å². The third kappa shape index (κ3) is 6.48. The number of para-hydroxylation sites is 1. The normalized spacial score (nSPS) is 14.3. The smallest absolute Gasteiger partial charge is 0.257 e. The molecule has 0 saturated carbocycles. The van der Waals surface area contributed by atoms with Crippen LogP contribution in [0.15, 0.2) is 24.3 Å². The molecule has 124 valence electrons. The van der Waals surface area contributed by atoms with Crippen LogP contribution in [0.4, 0.5) is 0 Å². The number of hydrogen-bond acceptors (Lipinski definition) is 3. The predicted molar refractivity (Wildman–Crippen MR) is 89.1 cm³/mol. The second-order valence-corrected chi connectivity index (χ2v) is 7.03. The minimum absolute atomic E-state index is 0.00842. The number of nitrogens with one attached hydrogen (secondary N) is 1. The van der Waals surface area contributed by atoms with Crippen molar-refractivity contribution in [2.75, 3.05) is 13.2 Å². The van der Waals surface area contributed by atoms with Crippen molar-refractivity contribution >= 4 is 5.91 Å². The van der Waals surface area contributed by atoms with Gasteiger partial charge in [-0.2, -0.15) is 0 Å². The van der Waals surface area contributed by atoms with E-state index in [1.807, 2.05) is 31.2 Å². The number of amides is 1. The number of carbonyl (C=O) groups excluding carboxylic acids is 1. The zero-order chi connectivity index (χ0) is 16.8. The quantitative estimate of drug-likeness (QED) is 0.814. The van der Waals surface area contributed by atoms with Crippen molar-refractivity contribution in [3.8, 4) is 5.75 Å². The number of aliphatic hydroxyl groups is 1. The summed E-state index contributed by atoms with van der Waals surface area (Å²) in [5.74, 6) is 0.856. The standard InChI is InChI=1S/C18H29NO3/c1-13(10-14(2)20)11-19-17(21)12-22-16-9-7-6-8-15(16)18(3,4)5/h6-9,13-14,20H,10-12H2,1-5H3,(H,19,21). The molecule has 22 heavy (non-hydrogen) atoms. The monoisotopic (exact) mass is 307 g/mol. The van der Waals surface area contributed by atoms with Gasteiger partial charge < -0.3 is 15.2 Å². The lowest BCUT2D eigenvalue weighted by atomic mass is 9.86. The second-order valence-electron chi connectivity index (χ2n) is 7.03. The van der Waals surface area contributed by atoms with Gasteiger partial charge in [0.2, 0.25) is 0 Å². The number of carbonyl (C=O) groups is 1. The van der Waals surface area contributed by atoms with Crippen molar-refractivity contribution in [1.29, 1.82) is 0 Å². The van der Waals surface area contributed by atoms with Gasteiger partial charge in [0.25, 0.3) is 5.91 Å². The summed E-state index contributed by atoms with van der Waals surface area (Å²) in [6.45, 7) is 10.7. The lowest BCUT2D eigenvalue weighted by Crippen LogP contribution is -2.33. The van der Waals surface area contributed by atoms with Gasteiger partial charge in [-0.25, -0.2) is 0 Å². The van der Waals surface area contributed by atoms with E-state index in [1.165, 1.54) is 0 Å². The third-order valence-electron chi connectivity index (χ3n) is 3.45. The van der Waals surface area contributed by atoms with E-state index in [2.05, 4.69) is 26.1 Å². The molecule has 0 heterocycles. The minimum atomic E-state index is -0.346. The number of benzene rings is 1. The first kappa shape index (κ1) is 18.5. The van der Waals surface area contributed by atoms with Gasteiger partial charge in [-0.1, -0.05) is 45.9 Å². The Balaban J connectivity index is 2.48. The molecule has 0 bridgehead atoms. The summed E-state index contributed by atoms with van der Waals surface area (Å²) in [4.78, 5) is 11.9. The first-order valence-electron chi connectivity index (χ1n) is 7.87. The molecule has 1 aromatic rings. The molecule has 2 unspecified atom stereocenters. The van der Waals surface area contributed by atoms with Gasteiger partial charge >= 0.3 is 0 Å². The van der Waals surface area contributed by atoms with Crippen molar-refractivity contribution < 1.29 is 14.6 Å². The first-order valence-corrected chi connectivity index (χ1v) is 7.87. The summed E-state index contributed by atoms with van der Waals surface area (Å²) in [6.07, 6.45) is 0.329. The second kappa shape index (κ2) is 8.18. The van der Waals surface area contributed by atoms with Gasteiger partial charge in [0, 0.05) is 6.54 Å². The summed E-state index contributed by atoms with van der Waals surface area (Å²) in [6, 6.07) is 7.81. The largest absolute Gasteiger partial charge is 0.483 e. The molecule has 4 nitrogen and oxygen atoms in total. The molecule has 0 aliphatic rings. The SMILES string of the molecule is CC(O)CC(C)CNC(=O)COc1ccccc1C(C)(C)C. The number of ether oxygens (including phenoxy) is 1. The Morgan fingerprint density at radius 1 is 1.27 bits per heavy atom. The molecule has 4 heteroatoms. The average Bonchev–Trinajstić information content (AvgIpc) is 2.41. The Hall–Kier alpha value is -1.55. The third-order valence-corrected chi connectivity index (χ3v) is 3.45. The van der Waals surface area contributed by atoms with Crippen LogP contribution in [0.1, 0.15) is 46.6 Å². The highest BCUT2D eigenvalue weighted by molar-refractivity contribution is 5.77. The molecule has 0 saturated heterocycles. The summed E-state index contributed by atoms with van der Waals surface area (Å²) >= 11 is 0. The van der Waals surface area contributed by atoms with Gasteiger partial charge in [-0.3, -0.25) is 4.79 Å². The van der Waals surface area contributed by atoms with E-state index in [1.54, 1.807) is 6.92 Å². The summed E-state index contributed by atoms with van der Waals surface area (Å²) in [5.41, 5.74) is 1.06. The Labute approximate surface area is 133 Å². The van der Waals surface area contributed by atoms with E-state index < -0.39 is 0 Å². The van der Waals surface area contributed by atoms with Crippen LogP contribution in [-0.2, 0) is 10.2 Å². The predicted octanol–water partition coefficient (Wildman–Crippen LogP) is 2.89. The molecule has 1 rings (SSSR count). The molecule has 0 radical (unpaired) electrons. The molecule has 0 spiro atoms. The van der Waals surface area contributed by atoms with E-state index in [9.17, 15) is 9.90 Å². The molecule has 0 aliphatic heterocycles. The lowest BCUT2D eigenvalue weighted by molar-refractivity contribution is -0.123. The number of rotatable bonds is 7. The topological polar surface area (TPSA) is 58.6 Å². The van der Waals surface area contributed by atoms with Crippen LogP contribution in [0.3, 0.4) is 0 Å². The minimum Gasteiger partial charge on any atom is -0.483 e. The Morgan fingerprint density at radius 2 is 1.91 bits per heavy atom. The Morgan fingerprint density at radius 3 is 2.50 bits per heavy atom. The first-order chi connectivity index (χ1) is 10.2. The summed E-state index contributed by atoms with van der Waals surface area (Å²) in [5, 5.41) is 12.2. The van der Waals surface area contributed by atoms with Crippen molar-refractivity contribution in [1.82, 2.24) is 5.32 Å². The highest BCUT2D eigenvalue weighted by atomic mass is 16.5. The van der Waals surface area contributed by atoms with Gasteiger partial charge in [0.1, 0.15) is 5.75 Å². The Kier molecular flexibility index (Phi) is 6.88. The van der Waals surface area contributed by atoms with Crippen LogP contribution in [-0.4, -0.2) is 30.3 Å². The molecule has 1 amide bonds. The fourth-order valence-electron chi connectivity index (χ4n) is 2.36. The van der Waals surface area contributed by atoms with Crippen molar-refractivity contribution in [3.05, 3.63) is 29.8 Å². The highest BCUT2D eigenvalue weighted by Crippen LogP contribution is 2.30. The molecular weight excluding hydrogens is 278 g/mol. The van der Waals surface area contributed by atoms with E-state index in [0.29, 0.717) is 13.0 Å². The molecule has 0 aliphatic carbocycles. The van der Waals surface area contributed by atoms with E-state index >= 15 is 0 Å². The highest BCUT2D eigenvalue weighted by Gasteiger charge is 2.19. The van der Waals surface area contributed by atoms with Crippen molar-refractivity contribution in [3.63, 3.8) is 0 Å². The molecule has 0 fully saturated rings. The van der Waals surface area contributed by atoms with Crippen LogP contribution in [0.25, 0.3) is 0 Å². The number of aliphatic hydroxyl groups excluding tert-OH is 1. The summed E-state index contributed by atoms with van der Waals surface area (Å²) < 4.78 is 5.68. The van der Waals surface area contributed by atoms with Crippen LogP contribution in [0, 0.1) is 5.92 Å². The van der Waals surface area contributed by atoms with Crippen LogP contribution >= 0.6 is 0 Å². The molecule has 1 aromatic carbocycles. The number of hydrogen-bond donors (Lipinski definition) is 2. The molecule has 0 aromatic heterocycles. The summed E-state index contributed by atoms with van der Waals surface area (Å²) in [7, 11) is 0. The average molecular weight is 307 g/mol. The lowest BCUT2D eigenvalue weighted by Gasteiger charge is -2.22. The molecule has 2 N–H and O–H groups in total. The maximum Gasteiger partial charge on any atom is 0.257 e. The van der Waals surface area contributed by atoms with E-state index in [0.717, 1.165) is 11.3 Å². The van der Waals surface area contributed by atoms with E-state index in [4.69, 9.17) is 4.74 Å². The maximum absolute atomic E-state index is 11.9. The van der Waals surface area contributed by atoms with Crippen molar-refractivity contribution in [2.45, 2.75) is 52.6 Å².